The van der Waals surface area contributed by atoms with Gasteiger partial charge in [-0.3, -0.25) is 4.79 Å². The monoisotopic (exact) mass is 335 g/mol. The van der Waals surface area contributed by atoms with Crippen LogP contribution >= 0.6 is 0 Å². The smallest absolute Gasteiger partial charge is 0.275 e. The number of quaternary nitrogens is 1. The maximum absolute atomic E-state index is 12.5. The molecule has 24 heavy (non-hydrogen) atoms. The SMILES string of the molecule is CC(C)[C@@H](NC(=O)C[NH+]1CCOCC1)c1ccc2c(c1)OCCO2. The van der Waals surface area contributed by atoms with Crippen LogP contribution in [0.15, 0.2) is 18.2 Å². The molecule has 2 heterocycles. The molecule has 0 saturated carbocycles. The summed E-state index contributed by atoms with van der Waals surface area (Å²) in [6, 6.07) is 5.90. The van der Waals surface area contributed by atoms with Crippen LogP contribution in [0.1, 0.15) is 25.5 Å². The van der Waals surface area contributed by atoms with Crippen molar-refractivity contribution in [2.75, 3.05) is 46.1 Å². The van der Waals surface area contributed by atoms with Gasteiger partial charge in [-0.25, -0.2) is 0 Å². The molecular formula is C18H27N2O4+. The van der Waals surface area contributed by atoms with Crippen LogP contribution in [0.5, 0.6) is 11.5 Å². The lowest BCUT2D eigenvalue weighted by atomic mass is 9.95. The Morgan fingerprint density at radius 2 is 1.83 bits per heavy atom. The molecule has 2 N–H and O–H groups in total. The van der Waals surface area contributed by atoms with Gasteiger partial charge in [0.2, 0.25) is 0 Å². The van der Waals surface area contributed by atoms with Crippen LogP contribution < -0.4 is 19.7 Å². The van der Waals surface area contributed by atoms with Crippen LogP contribution in [-0.4, -0.2) is 52.0 Å². The van der Waals surface area contributed by atoms with Crippen molar-refractivity contribution in [3.05, 3.63) is 23.8 Å². The standard InChI is InChI=1S/C18H26N2O4/c1-13(2)18(19-17(21)12-20-5-7-22-8-6-20)14-3-4-15-16(11-14)24-10-9-23-15/h3-4,11,13,18H,5-10,12H2,1-2H3,(H,19,21)/p+1/t18-/m1/s1. The fourth-order valence-electron chi connectivity index (χ4n) is 3.18. The molecule has 0 aliphatic carbocycles. The molecule has 0 unspecified atom stereocenters. The second-order valence-corrected chi connectivity index (χ2v) is 6.73. The third-order valence-electron chi connectivity index (χ3n) is 4.52. The fraction of sp³-hybridized carbons (Fsp3) is 0.611. The van der Waals surface area contributed by atoms with E-state index in [1.165, 1.54) is 4.90 Å². The number of amides is 1. The minimum Gasteiger partial charge on any atom is -0.486 e. The minimum atomic E-state index is -0.0335. The zero-order valence-electron chi connectivity index (χ0n) is 14.5. The second-order valence-electron chi connectivity index (χ2n) is 6.73. The van der Waals surface area contributed by atoms with Gasteiger partial charge in [0.15, 0.2) is 18.0 Å². The number of nitrogens with one attached hydrogen (secondary N) is 2. The number of ether oxygens (including phenoxy) is 3. The van der Waals surface area contributed by atoms with Crippen LogP contribution in [0.3, 0.4) is 0 Å². The number of fused-ring (bicyclic) bond motifs is 1. The predicted molar refractivity (Wildman–Crippen MR) is 89.5 cm³/mol. The molecule has 3 rings (SSSR count). The Morgan fingerprint density at radius 3 is 2.54 bits per heavy atom. The molecule has 0 spiro atoms. The predicted octanol–water partition coefficient (Wildman–Crippen LogP) is 0.186. The zero-order valence-corrected chi connectivity index (χ0v) is 14.5. The highest BCUT2D eigenvalue weighted by Crippen LogP contribution is 2.34. The third-order valence-corrected chi connectivity index (χ3v) is 4.52. The Bertz CT molecular complexity index is 570. The van der Waals surface area contributed by atoms with Gasteiger partial charge in [0.1, 0.15) is 26.3 Å². The van der Waals surface area contributed by atoms with Gasteiger partial charge >= 0.3 is 0 Å². The molecule has 0 aromatic heterocycles. The van der Waals surface area contributed by atoms with E-state index in [-0.39, 0.29) is 17.9 Å². The molecule has 1 atom stereocenters. The number of carbonyl (C=O) groups is 1. The van der Waals surface area contributed by atoms with Gasteiger partial charge in [-0.1, -0.05) is 19.9 Å². The lowest BCUT2D eigenvalue weighted by Crippen LogP contribution is -3.15. The van der Waals surface area contributed by atoms with E-state index >= 15 is 0 Å². The van der Waals surface area contributed by atoms with Crippen molar-refractivity contribution >= 4 is 5.91 Å². The first-order valence-electron chi connectivity index (χ1n) is 8.73. The normalized spacial score (nSPS) is 19.1. The van der Waals surface area contributed by atoms with E-state index in [0.717, 1.165) is 43.4 Å². The molecule has 0 radical (unpaired) electrons. The topological polar surface area (TPSA) is 61.2 Å². The molecule has 2 aliphatic rings. The average Bonchev–Trinajstić information content (AvgIpc) is 2.60. The van der Waals surface area contributed by atoms with Gasteiger partial charge < -0.3 is 24.4 Å². The van der Waals surface area contributed by atoms with E-state index in [4.69, 9.17) is 14.2 Å². The van der Waals surface area contributed by atoms with Crippen LogP contribution in [-0.2, 0) is 9.53 Å². The van der Waals surface area contributed by atoms with Gasteiger partial charge in [0.05, 0.1) is 19.3 Å². The molecule has 132 valence electrons. The van der Waals surface area contributed by atoms with Gasteiger partial charge in [-0.05, 0) is 23.6 Å². The summed E-state index contributed by atoms with van der Waals surface area (Å²) in [5.74, 6) is 1.91. The Kier molecular flexibility index (Phi) is 5.58. The lowest BCUT2D eigenvalue weighted by molar-refractivity contribution is -0.900. The first kappa shape index (κ1) is 17.0. The van der Waals surface area contributed by atoms with Crippen molar-refractivity contribution in [1.82, 2.24) is 5.32 Å². The number of hydrogen-bond acceptors (Lipinski definition) is 4. The van der Waals surface area contributed by atoms with Crippen molar-refractivity contribution in [1.29, 1.82) is 0 Å². The lowest BCUT2D eigenvalue weighted by Gasteiger charge is -2.27. The number of rotatable bonds is 5. The van der Waals surface area contributed by atoms with Crippen molar-refractivity contribution in [2.24, 2.45) is 5.92 Å². The second kappa shape index (κ2) is 7.85. The molecule has 0 bridgehead atoms. The van der Waals surface area contributed by atoms with Gasteiger partial charge in [0, 0.05) is 0 Å². The summed E-state index contributed by atoms with van der Waals surface area (Å²) in [5.41, 5.74) is 1.06. The molecule has 6 nitrogen and oxygen atoms in total. The molecule has 1 amide bonds. The summed E-state index contributed by atoms with van der Waals surface area (Å²) < 4.78 is 16.6. The van der Waals surface area contributed by atoms with Gasteiger partial charge in [0.25, 0.3) is 5.91 Å². The van der Waals surface area contributed by atoms with Crippen LogP contribution in [0, 0.1) is 5.92 Å². The van der Waals surface area contributed by atoms with E-state index < -0.39 is 0 Å². The number of morpholine rings is 1. The molecule has 6 heteroatoms. The summed E-state index contributed by atoms with van der Waals surface area (Å²) in [6.45, 7) is 9.13. The largest absolute Gasteiger partial charge is 0.486 e. The Hall–Kier alpha value is -1.79. The maximum Gasteiger partial charge on any atom is 0.275 e. The Balaban J connectivity index is 1.66. The van der Waals surface area contributed by atoms with E-state index in [0.29, 0.717) is 19.8 Å². The average molecular weight is 335 g/mol. The molecule has 1 saturated heterocycles. The summed E-state index contributed by atoms with van der Waals surface area (Å²) in [6.07, 6.45) is 0. The van der Waals surface area contributed by atoms with Crippen molar-refractivity contribution in [3.8, 4) is 11.5 Å². The van der Waals surface area contributed by atoms with Crippen LogP contribution in [0.25, 0.3) is 0 Å². The zero-order chi connectivity index (χ0) is 16.9. The highest BCUT2D eigenvalue weighted by atomic mass is 16.6. The first-order valence-corrected chi connectivity index (χ1v) is 8.73. The number of hydrogen-bond donors (Lipinski definition) is 2. The number of benzene rings is 1. The van der Waals surface area contributed by atoms with Gasteiger partial charge in [-0.15, -0.1) is 0 Å². The summed E-state index contributed by atoms with van der Waals surface area (Å²) >= 11 is 0. The Labute approximate surface area is 143 Å². The Morgan fingerprint density at radius 1 is 1.12 bits per heavy atom. The van der Waals surface area contributed by atoms with Crippen molar-refractivity contribution < 1.29 is 23.9 Å². The molecule has 1 aromatic rings. The highest BCUT2D eigenvalue weighted by molar-refractivity contribution is 5.77. The summed E-state index contributed by atoms with van der Waals surface area (Å²) in [5, 5.41) is 3.19. The molecule has 2 aliphatic heterocycles. The van der Waals surface area contributed by atoms with Crippen LogP contribution in [0.4, 0.5) is 0 Å². The summed E-state index contributed by atoms with van der Waals surface area (Å²) in [7, 11) is 0. The highest BCUT2D eigenvalue weighted by Gasteiger charge is 2.24. The molecule has 1 fully saturated rings. The van der Waals surface area contributed by atoms with Crippen molar-refractivity contribution in [2.45, 2.75) is 19.9 Å². The van der Waals surface area contributed by atoms with E-state index in [2.05, 4.69) is 19.2 Å². The third kappa shape index (κ3) is 4.19. The van der Waals surface area contributed by atoms with E-state index in [1.54, 1.807) is 0 Å². The van der Waals surface area contributed by atoms with E-state index in [1.807, 2.05) is 18.2 Å². The maximum atomic E-state index is 12.5. The van der Waals surface area contributed by atoms with Crippen molar-refractivity contribution in [3.63, 3.8) is 0 Å². The fourth-order valence-corrected chi connectivity index (χ4v) is 3.18. The quantitative estimate of drug-likeness (QED) is 0.806. The summed E-state index contributed by atoms with van der Waals surface area (Å²) in [4.78, 5) is 13.7. The minimum absolute atomic E-state index is 0.0335. The van der Waals surface area contributed by atoms with Gasteiger partial charge in [-0.2, -0.15) is 0 Å². The molecule has 1 aromatic carbocycles. The first-order chi connectivity index (χ1) is 11.6. The van der Waals surface area contributed by atoms with Crippen LogP contribution in [0.2, 0.25) is 0 Å². The number of carbonyl (C=O) groups excluding carboxylic acids is 1. The molecular weight excluding hydrogens is 308 g/mol. The van der Waals surface area contributed by atoms with E-state index in [9.17, 15) is 4.79 Å².